The first-order chi connectivity index (χ1) is 15.6. The van der Waals surface area contributed by atoms with Crippen molar-refractivity contribution in [3.05, 3.63) is 58.9 Å². The third-order valence-electron chi connectivity index (χ3n) is 6.78. The van der Waals surface area contributed by atoms with E-state index in [9.17, 15) is 4.79 Å². The van der Waals surface area contributed by atoms with Gasteiger partial charge in [-0.15, -0.1) is 0 Å². The van der Waals surface area contributed by atoms with Gasteiger partial charge < -0.3 is 15.0 Å². The summed E-state index contributed by atoms with van der Waals surface area (Å²) in [7, 11) is 1.73. The Balaban J connectivity index is 1.36. The minimum Gasteiger partial charge on any atom is -0.496 e. The van der Waals surface area contributed by atoms with Gasteiger partial charge in [0.05, 0.1) is 18.4 Å². The van der Waals surface area contributed by atoms with Crippen LogP contribution in [0.4, 0.5) is 0 Å². The van der Waals surface area contributed by atoms with Crippen LogP contribution in [0.25, 0.3) is 0 Å². The fourth-order valence-corrected chi connectivity index (χ4v) is 4.95. The number of carbonyl (C=O) groups excluding carboxylic acids is 1. The SMILES string of the molecule is COc1ccccc1CN1CCC(c2nc(C)ccc2C(=O)NCCN2CCCC2)CC1. The first kappa shape index (κ1) is 22.7. The highest BCUT2D eigenvalue weighted by atomic mass is 16.5. The number of pyridine rings is 1. The summed E-state index contributed by atoms with van der Waals surface area (Å²) in [6, 6.07) is 12.1. The molecular weight excluding hydrogens is 400 g/mol. The Labute approximate surface area is 192 Å². The minimum absolute atomic E-state index is 0.0168. The van der Waals surface area contributed by atoms with Gasteiger partial charge in [0.1, 0.15) is 5.75 Å². The predicted molar refractivity (Wildman–Crippen MR) is 127 cm³/mol. The fourth-order valence-electron chi connectivity index (χ4n) is 4.95. The number of aryl methyl sites for hydroxylation is 1. The van der Waals surface area contributed by atoms with Crippen LogP contribution in [0.1, 0.15) is 58.9 Å². The highest BCUT2D eigenvalue weighted by Crippen LogP contribution is 2.31. The van der Waals surface area contributed by atoms with E-state index in [4.69, 9.17) is 9.72 Å². The molecule has 32 heavy (non-hydrogen) atoms. The molecule has 0 aliphatic carbocycles. The normalized spacial score (nSPS) is 18.1. The van der Waals surface area contributed by atoms with Gasteiger partial charge in [0, 0.05) is 36.8 Å². The number of rotatable bonds is 8. The number of piperidine rings is 1. The van der Waals surface area contributed by atoms with Gasteiger partial charge in [-0.1, -0.05) is 18.2 Å². The average molecular weight is 437 g/mol. The molecule has 0 spiro atoms. The smallest absolute Gasteiger partial charge is 0.253 e. The zero-order valence-electron chi connectivity index (χ0n) is 19.5. The molecule has 4 rings (SSSR count). The predicted octanol–water partition coefficient (Wildman–Crippen LogP) is 3.60. The number of para-hydroxylation sites is 1. The van der Waals surface area contributed by atoms with Crippen molar-refractivity contribution < 1.29 is 9.53 Å². The first-order valence-electron chi connectivity index (χ1n) is 12.0. The lowest BCUT2D eigenvalue weighted by atomic mass is 9.89. The number of likely N-dealkylation sites (tertiary alicyclic amines) is 2. The molecule has 2 fully saturated rings. The second kappa shape index (κ2) is 10.9. The van der Waals surface area contributed by atoms with E-state index in [0.29, 0.717) is 12.5 Å². The quantitative estimate of drug-likeness (QED) is 0.685. The molecule has 172 valence electrons. The maximum absolute atomic E-state index is 13.0. The molecule has 6 heteroatoms. The molecule has 0 bridgehead atoms. The summed E-state index contributed by atoms with van der Waals surface area (Å²) < 4.78 is 5.51. The van der Waals surface area contributed by atoms with Gasteiger partial charge in [-0.2, -0.15) is 0 Å². The van der Waals surface area contributed by atoms with Crippen LogP contribution in [0.5, 0.6) is 5.75 Å². The number of ether oxygens (including phenoxy) is 1. The Bertz CT molecular complexity index is 902. The Hall–Kier alpha value is -2.44. The minimum atomic E-state index is 0.0168. The Kier molecular flexibility index (Phi) is 7.76. The van der Waals surface area contributed by atoms with Crippen molar-refractivity contribution in [1.29, 1.82) is 0 Å². The van der Waals surface area contributed by atoms with Gasteiger partial charge in [-0.3, -0.25) is 14.7 Å². The summed E-state index contributed by atoms with van der Waals surface area (Å²) in [5.41, 5.74) is 3.92. The molecule has 2 aliphatic heterocycles. The van der Waals surface area contributed by atoms with Crippen LogP contribution >= 0.6 is 0 Å². The van der Waals surface area contributed by atoms with E-state index < -0.39 is 0 Å². The monoisotopic (exact) mass is 436 g/mol. The number of amides is 1. The van der Waals surface area contributed by atoms with Crippen molar-refractivity contribution in [3.63, 3.8) is 0 Å². The molecule has 0 radical (unpaired) electrons. The molecule has 0 saturated carbocycles. The number of carbonyl (C=O) groups is 1. The second-order valence-electron chi connectivity index (χ2n) is 9.05. The Morgan fingerprint density at radius 2 is 1.81 bits per heavy atom. The molecule has 2 aromatic rings. The molecule has 0 atom stereocenters. The van der Waals surface area contributed by atoms with Crippen molar-refractivity contribution in [1.82, 2.24) is 20.1 Å². The third-order valence-corrected chi connectivity index (χ3v) is 6.78. The van der Waals surface area contributed by atoms with Crippen molar-refractivity contribution in [2.45, 2.75) is 45.1 Å². The summed E-state index contributed by atoms with van der Waals surface area (Å²) >= 11 is 0. The standard InChI is InChI=1S/C26H36N4O2/c1-20-9-10-23(26(31)27-13-18-29-14-5-6-15-29)25(28-20)21-11-16-30(17-12-21)19-22-7-3-4-8-24(22)32-2/h3-4,7-10,21H,5-6,11-19H2,1-2H3,(H,27,31). The third kappa shape index (κ3) is 5.67. The summed E-state index contributed by atoms with van der Waals surface area (Å²) in [5, 5.41) is 3.13. The van der Waals surface area contributed by atoms with Crippen LogP contribution in [0.3, 0.4) is 0 Å². The van der Waals surface area contributed by atoms with Crippen LogP contribution in [0.2, 0.25) is 0 Å². The number of benzene rings is 1. The molecule has 1 amide bonds. The molecule has 2 saturated heterocycles. The summed E-state index contributed by atoms with van der Waals surface area (Å²) in [4.78, 5) is 22.7. The number of hydrogen-bond acceptors (Lipinski definition) is 5. The maximum atomic E-state index is 13.0. The molecule has 3 heterocycles. The van der Waals surface area contributed by atoms with E-state index in [1.54, 1.807) is 7.11 Å². The largest absolute Gasteiger partial charge is 0.496 e. The van der Waals surface area contributed by atoms with Crippen molar-refractivity contribution in [2.75, 3.05) is 46.4 Å². The number of nitrogens with one attached hydrogen (secondary N) is 1. The lowest BCUT2D eigenvalue weighted by molar-refractivity contribution is 0.0946. The highest BCUT2D eigenvalue weighted by Gasteiger charge is 2.26. The van der Waals surface area contributed by atoms with Gasteiger partial charge in [0.15, 0.2) is 0 Å². The van der Waals surface area contributed by atoms with Crippen molar-refractivity contribution in [2.24, 2.45) is 0 Å². The first-order valence-corrected chi connectivity index (χ1v) is 12.0. The molecular formula is C26H36N4O2. The van der Waals surface area contributed by atoms with Gasteiger partial charge in [-0.05, 0) is 77.0 Å². The molecule has 2 aliphatic rings. The van der Waals surface area contributed by atoms with Crippen LogP contribution in [-0.4, -0.2) is 67.1 Å². The van der Waals surface area contributed by atoms with Gasteiger partial charge in [0.2, 0.25) is 0 Å². The summed E-state index contributed by atoms with van der Waals surface area (Å²) in [5.74, 6) is 1.29. The number of aromatic nitrogens is 1. The van der Waals surface area contributed by atoms with Crippen LogP contribution in [0.15, 0.2) is 36.4 Å². The second-order valence-corrected chi connectivity index (χ2v) is 9.05. The summed E-state index contributed by atoms with van der Waals surface area (Å²) in [6.07, 6.45) is 4.57. The zero-order chi connectivity index (χ0) is 22.3. The van der Waals surface area contributed by atoms with Crippen LogP contribution in [-0.2, 0) is 6.54 Å². The molecule has 1 aromatic carbocycles. The summed E-state index contributed by atoms with van der Waals surface area (Å²) in [6.45, 7) is 8.83. The van der Waals surface area contributed by atoms with E-state index >= 15 is 0 Å². The topological polar surface area (TPSA) is 57.7 Å². The van der Waals surface area contributed by atoms with Gasteiger partial charge >= 0.3 is 0 Å². The van der Waals surface area contributed by atoms with Crippen LogP contribution < -0.4 is 10.1 Å². The lowest BCUT2D eigenvalue weighted by Crippen LogP contribution is -2.35. The average Bonchev–Trinajstić information content (AvgIpc) is 3.33. The number of nitrogens with zero attached hydrogens (tertiary/aromatic N) is 3. The molecule has 1 N–H and O–H groups in total. The van der Waals surface area contributed by atoms with E-state index in [2.05, 4.69) is 27.2 Å². The van der Waals surface area contributed by atoms with E-state index in [-0.39, 0.29) is 5.91 Å². The molecule has 1 aromatic heterocycles. The van der Waals surface area contributed by atoms with Crippen molar-refractivity contribution >= 4 is 5.91 Å². The van der Waals surface area contributed by atoms with E-state index in [0.717, 1.165) is 74.8 Å². The van der Waals surface area contributed by atoms with E-state index in [1.165, 1.54) is 18.4 Å². The molecule has 6 nitrogen and oxygen atoms in total. The fraction of sp³-hybridized carbons (Fsp3) is 0.538. The number of methoxy groups -OCH3 is 1. The highest BCUT2D eigenvalue weighted by molar-refractivity contribution is 5.95. The Morgan fingerprint density at radius 3 is 2.56 bits per heavy atom. The number of hydrogen-bond donors (Lipinski definition) is 1. The van der Waals surface area contributed by atoms with Gasteiger partial charge in [0.25, 0.3) is 5.91 Å². The molecule has 0 unspecified atom stereocenters. The zero-order valence-corrected chi connectivity index (χ0v) is 19.5. The maximum Gasteiger partial charge on any atom is 0.253 e. The Morgan fingerprint density at radius 1 is 1.06 bits per heavy atom. The van der Waals surface area contributed by atoms with Crippen LogP contribution in [0, 0.1) is 6.92 Å². The van der Waals surface area contributed by atoms with Crippen molar-refractivity contribution in [3.8, 4) is 5.75 Å². The van der Waals surface area contributed by atoms with E-state index in [1.807, 2.05) is 31.2 Å². The van der Waals surface area contributed by atoms with Gasteiger partial charge in [-0.25, -0.2) is 0 Å². The lowest BCUT2D eigenvalue weighted by Gasteiger charge is -2.32.